The fraction of sp³-hybridized carbons (Fsp3) is 0.450. The van der Waals surface area contributed by atoms with Crippen LogP contribution in [0.4, 0.5) is 5.82 Å². The van der Waals surface area contributed by atoms with Gasteiger partial charge in [0.25, 0.3) is 0 Å². The van der Waals surface area contributed by atoms with Crippen LogP contribution in [0.25, 0.3) is 0 Å². The maximum Gasteiger partial charge on any atom is 0.226 e. The second-order valence-electron chi connectivity index (χ2n) is 6.57. The lowest BCUT2D eigenvalue weighted by Gasteiger charge is -2.33. The van der Waals surface area contributed by atoms with Gasteiger partial charge in [0.2, 0.25) is 5.91 Å². The Morgan fingerprint density at radius 2 is 2.08 bits per heavy atom. The monoisotopic (exact) mass is 354 g/mol. The summed E-state index contributed by atoms with van der Waals surface area (Å²) >= 11 is 0. The molecule has 1 aromatic carbocycles. The van der Waals surface area contributed by atoms with E-state index in [1.165, 1.54) is 0 Å². The minimum absolute atomic E-state index is 0.165. The number of piperidine rings is 1. The van der Waals surface area contributed by atoms with Crippen LogP contribution in [0.1, 0.15) is 25.0 Å². The lowest BCUT2D eigenvalue weighted by atomic mass is 9.93. The van der Waals surface area contributed by atoms with Crippen molar-refractivity contribution in [2.75, 3.05) is 32.1 Å². The third-order valence-electron chi connectivity index (χ3n) is 4.69. The molecule has 0 aliphatic carbocycles. The molecule has 1 N–H and O–H groups in total. The number of anilines is 1. The number of carbonyl (C=O) groups excluding carboxylic acids is 1. The molecule has 6 heteroatoms. The van der Waals surface area contributed by atoms with Gasteiger partial charge in [-0.15, -0.1) is 0 Å². The Balaban J connectivity index is 1.49. The Kier molecular flexibility index (Phi) is 6.41. The van der Waals surface area contributed by atoms with E-state index in [2.05, 4.69) is 15.3 Å². The number of benzene rings is 1. The van der Waals surface area contributed by atoms with Crippen LogP contribution < -0.4 is 10.1 Å². The molecule has 138 valence electrons. The van der Waals surface area contributed by atoms with Crippen molar-refractivity contribution in [3.05, 3.63) is 48.4 Å². The van der Waals surface area contributed by atoms with Gasteiger partial charge in [0, 0.05) is 32.5 Å². The van der Waals surface area contributed by atoms with Crippen molar-refractivity contribution in [3.63, 3.8) is 0 Å². The third kappa shape index (κ3) is 4.94. The zero-order valence-electron chi connectivity index (χ0n) is 15.2. The van der Waals surface area contributed by atoms with E-state index in [4.69, 9.17) is 4.74 Å². The first-order valence-electron chi connectivity index (χ1n) is 9.19. The molecule has 3 rings (SSSR count). The Morgan fingerprint density at radius 1 is 1.27 bits per heavy atom. The molecule has 0 saturated carbocycles. The van der Waals surface area contributed by atoms with Crippen molar-refractivity contribution in [3.8, 4) is 5.75 Å². The van der Waals surface area contributed by atoms with Crippen molar-refractivity contribution in [1.29, 1.82) is 0 Å². The van der Waals surface area contributed by atoms with Gasteiger partial charge in [-0.25, -0.2) is 4.98 Å². The van der Waals surface area contributed by atoms with Crippen LogP contribution in [0.2, 0.25) is 0 Å². The highest BCUT2D eigenvalue weighted by Crippen LogP contribution is 2.23. The standard InChI is InChI=1S/C20H26N4O2/c1-21-20-18(22-10-11-23-20)14-16-6-5-12-24(15-16)19(25)9-13-26-17-7-3-2-4-8-17/h2-4,7-8,10-11,16H,5-6,9,12-15H2,1H3,(H,21,23)/t16-/m0/s1. The summed E-state index contributed by atoms with van der Waals surface area (Å²) in [6.07, 6.45) is 6.82. The van der Waals surface area contributed by atoms with Gasteiger partial charge in [-0.3, -0.25) is 9.78 Å². The molecule has 1 atom stereocenters. The number of nitrogens with zero attached hydrogens (tertiary/aromatic N) is 3. The van der Waals surface area contributed by atoms with Crippen LogP contribution in [0.3, 0.4) is 0 Å². The highest BCUT2D eigenvalue weighted by atomic mass is 16.5. The molecule has 1 fully saturated rings. The molecule has 1 aromatic heterocycles. The molecule has 1 aliphatic heterocycles. The average Bonchev–Trinajstić information content (AvgIpc) is 2.69. The molecule has 26 heavy (non-hydrogen) atoms. The fourth-order valence-corrected chi connectivity index (χ4v) is 3.39. The highest BCUT2D eigenvalue weighted by Gasteiger charge is 2.24. The summed E-state index contributed by atoms with van der Waals surface area (Å²) in [4.78, 5) is 23.2. The summed E-state index contributed by atoms with van der Waals surface area (Å²) in [7, 11) is 1.86. The van der Waals surface area contributed by atoms with E-state index >= 15 is 0 Å². The van der Waals surface area contributed by atoms with E-state index in [0.29, 0.717) is 18.9 Å². The van der Waals surface area contributed by atoms with Crippen molar-refractivity contribution in [2.24, 2.45) is 5.92 Å². The van der Waals surface area contributed by atoms with E-state index in [0.717, 1.165) is 49.6 Å². The third-order valence-corrected chi connectivity index (χ3v) is 4.69. The summed E-state index contributed by atoms with van der Waals surface area (Å²) < 4.78 is 5.65. The molecule has 1 aliphatic rings. The molecular weight excluding hydrogens is 328 g/mol. The van der Waals surface area contributed by atoms with Crippen LogP contribution >= 0.6 is 0 Å². The topological polar surface area (TPSA) is 67.4 Å². The molecule has 2 aromatic rings. The van der Waals surface area contributed by atoms with Gasteiger partial charge in [-0.2, -0.15) is 0 Å². The summed E-state index contributed by atoms with van der Waals surface area (Å²) in [6, 6.07) is 9.61. The molecule has 0 unspecified atom stereocenters. The summed E-state index contributed by atoms with van der Waals surface area (Å²) in [6.45, 7) is 2.03. The number of para-hydroxylation sites is 1. The lowest BCUT2D eigenvalue weighted by Crippen LogP contribution is -2.41. The first kappa shape index (κ1) is 18.2. The van der Waals surface area contributed by atoms with Crippen molar-refractivity contribution >= 4 is 11.7 Å². The van der Waals surface area contributed by atoms with Crippen molar-refractivity contribution in [1.82, 2.24) is 14.9 Å². The molecule has 1 saturated heterocycles. The number of ether oxygens (including phenoxy) is 1. The SMILES string of the molecule is CNc1nccnc1C[C@@H]1CCCN(C(=O)CCOc2ccccc2)C1. The van der Waals surface area contributed by atoms with Gasteiger partial charge in [-0.05, 0) is 37.3 Å². The van der Waals surface area contributed by atoms with Crippen molar-refractivity contribution < 1.29 is 9.53 Å². The zero-order valence-corrected chi connectivity index (χ0v) is 15.2. The van der Waals surface area contributed by atoms with Gasteiger partial charge >= 0.3 is 0 Å². The number of likely N-dealkylation sites (tertiary alicyclic amines) is 1. The molecule has 0 spiro atoms. The molecule has 6 nitrogen and oxygen atoms in total. The number of rotatable bonds is 7. The Hall–Kier alpha value is -2.63. The second kappa shape index (κ2) is 9.17. The number of aromatic nitrogens is 2. The van der Waals surface area contributed by atoms with Gasteiger partial charge in [0.1, 0.15) is 11.6 Å². The molecule has 0 radical (unpaired) electrons. The molecule has 1 amide bonds. The largest absolute Gasteiger partial charge is 0.493 e. The number of amides is 1. The normalized spacial score (nSPS) is 17.0. The van der Waals surface area contributed by atoms with E-state index < -0.39 is 0 Å². The highest BCUT2D eigenvalue weighted by molar-refractivity contribution is 5.76. The second-order valence-corrected chi connectivity index (χ2v) is 6.57. The maximum absolute atomic E-state index is 12.5. The van der Waals surface area contributed by atoms with Gasteiger partial charge in [0.05, 0.1) is 18.7 Å². The van der Waals surface area contributed by atoms with Crippen LogP contribution in [-0.4, -0.2) is 47.5 Å². The molecule has 2 heterocycles. The predicted octanol–water partition coefficient (Wildman–Crippen LogP) is 2.77. The Labute approximate surface area is 154 Å². The summed E-state index contributed by atoms with van der Waals surface area (Å²) in [5, 5.41) is 3.09. The molecular formula is C20H26N4O2. The zero-order chi connectivity index (χ0) is 18.2. The molecule has 0 bridgehead atoms. The number of hydrogen-bond acceptors (Lipinski definition) is 5. The van der Waals surface area contributed by atoms with Crippen molar-refractivity contribution in [2.45, 2.75) is 25.7 Å². The van der Waals surface area contributed by atoms with Gasteiger partial charge in [0.15, 0.2) is 0 Å². The Bertz CT molecular complexity index is 708. The van der Waals surface area contributed by atoms with Crippen LogP contribution in [0.15, 0.2) is 42.7 Å². The van der Waals surface area contributed by atoms with Gasteiger partial charge < -0.3 is 15.0 Å². The maximum atomic E-state index is 12.5. The van der Waals surface area contributed by atoms with Crippen LogP contribution in [-0.2, 0) is 11.2 Å². The smallest absolute Gasteiger partial charge is 0.226 e. The Morgan fingerprint density at radius 3 is 2.88 bits per heavy atom. The van der Waals surface area contributed by atoms with E-state index in [9.17, 15) is 4.79 Å². The average molecular weight is 354 g/mol. The quantitative estimate of drug-likeness (QED) is 0.828. The van der Waals surface area contributed by atoms with E-state index in [1.807, 2.05) is 42.3 Å². The first-order chi connectivity index (χ1) is 12.8. The summed E-state index contributed by atoms with van der Waals surface area (Å²) in [5.74, 6) is 2.22. The number of hydrogen-bond donors (Lipinski definition) is 1. The number of nitrogens with one attached hydrogen (secondary N) is 1. The van der Waals surface area contributed by atoms with E-state index in [-0.39, 0.29) is 5.91 Å². The van der Waals surface area contributed by atoms with Crippen LogP contribution in [0.5, 0.6) is 5.75 Å². The predicted molar refractivity (Wildman–Crippen MR) is 101 cm³/mol. The first-order valence-corrected chi connectivity index (χ1v) is 9.19. The van der Waals surface area contributed by atoms with Gasteiger partial charge in [-0.1, -0.05) is 18.2 Å². The minimum atomic E-state index is 0.165. The fourth-order valence-electron chi connectivity index (χ4n) is 3.39. The van der Waals surface area contributed by atoms with Crippen LogP contribution in [0, 0.1) is 5.92 Å². The summed E-state index contributed by atoms with van der Waals surface area (Å²) in [5.41, 5.74) is 0.974. The lowest BCUT2D eigenvalue weighted by molar-refractivity contribution is -0.133. The van der Waals surface area contributed by atoms with E-state index in [1.54, 1.807) is 12.4 Å². The minimum Gasteiger partial charge on any atom is -0.493 e. The number of carbonyl (C=O) groups is 1.